The van der Waals surface area contributed by atoms with Gasteiger partial charge in [0.05, 0.1) is 0 Å². The van der Waals surface area contributed by atoms with E-state index in [0.29, 0.717) is 0 Å². The highest BCUT2D eigenvalue weighted by molar-refractivity contribution is 7.99. The third-order valence-electron chi connectivity index (χ3n) is 4.08. The predicted octanol–water partition coefficient (Wildman–Crippen LogP) is 3.51. The van der Waals surface area contributed by atoms with Gasteiger partial charge in [-0.1, -0.05) is 25.1 Å². The van der Waals surface area contributed by atoms with Gasteiger partial charge in [-0.05, 0) is 42.9 Å². The third-order valence-corrected chi connectivity index (χ3v) is 5.33. The van der Waals surface area contributed by atoms with Crippen molar-refractivity contribution in [1.29, 1.82) is 0 Å². The van der Waals surface area contributed by atoms with Crippen LogP contribution in [-0.2, 0) is 0 Å². The number of nitrogens with one attached hydrogen (secondary N) is 1. The van der Waals surface area contributed by atoms with E-state index in [1.54, 1.807) is 5.56 Å². The Bertz CT molecular complexity index is 386. The van der Waals surface area contributed by atoms with Crippen LogP contribution in [0, 0.1) is 11.8 Å². The number of fused-ring (bicyclic) bond motifs is 1. The van der Waals surface area contributed by atoms with Crippen LogP contribution in [0.25, 0.3) is 0 Å². The fourth-order valence-corrected chi connectivity index (χ4v) is 3.97. The Morgan fingerprint density at radius 3 is 3.00 bits per heavy atom. The fraction of sp³-hybridized carbons (Fsp3) is 0.600. The quantitative estimate of drug-likeness (QED) is 0.854. The molecule has 2 aliphatic rings. The summed E-state index contributed by atoms with van der Waals surface area (Å²) in [6.07, 6.45) is 2.93. The Morgan fingerprint density at radius 1 is 1.35 bits per heavy atom. The Labute approximate surface area is 108 Å². The molecule has 1 heterocycles. The molecule has 0 spiro atoms. The topological polar surface area (TPSA) is 12.0 Å². The first-order chi connectivity index (χ1) is 8.34. The van der Waals surface area contributed by atoms with Gasteiger partial charge in [-0.15, -0.1) is 11.8 Å². The van der Waals surface area contributed by atoms with Crippen molar-refractivity contribution in [3.63, 3.8) is 0 Å². The van der Waals surface area contributed by atoms with Crippen LogP contribution >= 0.6 is 11.8 Å². The Balaban J connectivity index is 1.50. The van der Waals surface area contributed by atoms with Crippen molar-refractivity contribution in [2.45, 2.75) is 30.6 Å². The van der Waals surface area contributed by atoms with E-state index in [9.17, 15) is 0 Å². The van der Waals surface area contributed by atoms with Crippen LogP contribution in [0.2, 0.25) is 0 Å². The maximum absolute atomic E-state index is 3.68. The summed E-state index contributed by atoms with van der Waals surface area (Å²) in [7, 11) is 0. The van der Waals surface area contributed by atoms with E-state index in [0.717, 1.165) is 24.3 Å². The average molecular weight is 247 g/mol. The van der Waals surface area contributed by atoms with E-state index >= 15 is 0 Å². The van der Waals surface area contributed by atoms with Gasteiger partial charge in [0.25, 0.3) is 0 Å². The van der Waals surface area contributed by atoms with Gasteiger partial charge >= 0.3 is 0 Å². The molecule has 0 radical (unpaired) electrons. The van der Waals surface area contributed by atoms with Crippen LogP contribution in [0.3, 0.4) is 0 Å². The summed E-state index contributed by atoms with van der Waals surface area (Å²) in [5.74, 6) is 3.87. The molecule has 1 aromatic rings. The van der Waals surface area contributed by atoms with Gasteiger partial charge in [0, 0.05) is 23.1 Å². The van der Waals surface area contributed by atoms with Crippen LogP contribution in [0.15, 0.2) is 29.2 Å². The first-order valence-corrected chi connectivity index (χ1v) is 7.75. The highest BCUT2D eigenvalue weighted by Crippen LogP contribution is 2.39. The van der Waals surface area contributed by atoms with Gasteiger partial charge in [0.1, 0.15) is 0 Å². The van der Waals surface area contributed by atoms with Gasteiger partial charge in [-0.3, -0.25) is 0 Å². The minimum atomic E-state index is 0.725. The molecule has 1 N–H and O–H groups in total. The van der Waals surface area contributed by atoms with Crippen LogP contribution in [0.5, 0.6) is 0 Å². The van der Waals surface area contributed by atoms with Crippen molar-refractivity contribution < 1.29 is 0 Å². The maximum Gasteiger partial charge on any atom is 0.0108 e. The number of rotatable bonds is 5. The molecule has 0 amide bonds. The fourth-order valence-electron chi connectivity index (χ4n) is 2.72. The molecule has 1 fully saturated rings. The molecule has 0 bridgehead atoms. The smallest absolute Gasteiger partial charge is 0.0108 e. The summed E-state index contributed by atoms with van der Waals surface area (Å²) in [4.78, 5) is 1.49. The molecule has 1 aromatic carbocycles. The summed E-state index contributed by atoms with van der Waals surface area (Å²) < 4.78 is 0. The van der Waals surface area contributed by atoms with E-state index in [4.69, 9.17) is 0 Å². The SMILES string of the molecule is CC(CNCC1CSc2ccccc21)C1CC1. The predicted molar refractivity (Wildman–Crippen MR) is 74.7 cm³/mol. The Hall–Kier alpha value is -0.470. The van der Waals surface area contributed by atoms with Gasteiger partial charge in [-0.25, -0.2) is 0 Å². The minimum absolute atomic E-state index is 0.725. The van der Waals surface area contributed by atoms with Gasteiger partial charge < -0.3 is 5.32 Å². The summed E-state index contributed by atoms with van der Waals surface area (Å²) >= 11 is 2.01. The molecule has 1 nitrogen and oxygen atoms in total. The molecular formula is C15H21NS. The molecule has 1 aliphatic carbocycles. The number of benzene rings is 1. The molecule has 1 aliphatic heterocycles. The van der Waals surface area contributed by atoms with E-state index in [-0.39, 0.29) is 0 Å². The molecule has 2 unspecified atom stereocenters. The van der Waals surface area contributed by atoms with E-state index in [1.807, 2.05) is 11.8 Å². The van der Waals surface area contributed by atoms with Crippen LogP contribution in [-0.4, -0.2) is 18.8 Å². The van der Waals surface area contributed by atoms with Gasteiger partial charge in [-0.2, -0.15) is 0 Å². The van der Waals surface area contributed by atoms with E-state index in [2.05, 4.69) is 36.5 Å². The lowest BCUT2D eigenvalue weighted by atomic mass is 10.0. The lowest BCUT2D eigenvalue weighted by Crippen LogP contribution is -2.27. The summed E-state index contributed by atoms with van der Waals surface area (Å²) in [6.45, 7) is 4.75. The van der Waals surface area contributed by atoms with Crippen LogP contribution in [0.4, 0.5) is 0 Å². The zero-order valence-corrected chi connectivity index (χ0v) is 11.3. The van der Waals surface area contributed by atoms with Crippen molar-refractivity contribution in [2.75, 3.05) is 18.8 Å². The molecule has 0 saturated heterocycles. The Kier molecular flexibility index (Phi) is 3.44. The van der Waals surface area contributed by atoms with E-state index < -0.39 is 0 Å². The molecular weight excluding hydrogens is 226 g/mol. The van der Waals surface area contributed by atoms with Gasteiger partial charge in [0.2, 0.25) is 0 Å². The average Bonchev–Trinajstić information content (AvgIpc) is 3.12. The second-order valence-corrected chi connectivity index (χ2v) is 6.58. The highest BCUT2D eigenvalue weighted by Gasteiger charge is 2.28. The lowest BCUT2D eigenvalue weighted by Gasteiger charge is -2.15. The van der Waals surface area contributed by atoms with Crippen LogP contribution in [0.1, 0.15) is 31.2 Å². The summed E-state index contributed by atoms with van der Waals surface area (Å²) in [6, 6.07) is 8.88. The number of thioether (sulfide) groups is 1. The van der Waals surface area contributed by atoms with Crippen LogP contribution < -0.4 is 5.32 Å². The van der Waals surface area contributed by atoms with Crippen molar-refractivity contribution in [3.05, 3.63) is 29.8 Å². The number of hydrogen-bond donors (Lipinski definition) is 1. The highest BCUT2D eigenvalue weighted by atomic mass is 32.2. The second-order valence-electron chi connectivity index (χ2n) is 5.52. The normalized spacial score (nSPS) is 24.6. The first-order valence-electron chi connectivity index (χ1n) is 6.77. The molecule has 2 heteroatoms. The third kappa shape index (κ3) is 2.69. The zero-order valence-electron chi connectivity index (χ0n) is 10.5. The molecule has 0 aromatic heterocycles. The lowest BCUT2D eigenvalue weighted by molar-refractivity contribution is 0.454. The maximum atomic E-state index is 3.68. The van der Waals surface area contributed by atoms with Crippen molar-refractivity contribution in [2.24, 2.45) is 11.8 Å². The summed E-state index contributed by atoms with van der Waals surface area (Å²) in [5, 5.41) is 3.68. The van der Waals surface area contributed by atoms with Crippen molar-refractivity contribution >= 4 is 11.8 Å². The molecule has 1 saturated carbocycles. The van der Waals surface area contributed by atoms with Crippen molar-refractivity contribution in [3.8, 4) is 0 Å². The molecule has 17 heavy (non-hydrogen) atoms. The van der Waals surface area contributed by atoms with E-state index in [1.165, 1.54) is 30.0 Å². The first kappa shape index (κ1) is 11.6. The molecule has 92 valence electrons. The Morgan fingerprint density at radius 2 is 2.18 bits per heavy atom. The molecule has 2 atom stereocenters. The largest absolute Gasteiger partial charge is 0.316 e. The van der Waals surface area contributed by atoms with Crippen molar-refractivity contribution in [1.82, 2.24) is 5.32 Å². The summed E-state index contributed by atoms with van der Waals surface area (Å²) in [5.41, 5.74) is 1.56. The standard InChI is InChI=1S/C15H21NS/c1-11(12-6-7-12)8-16-9-13-10-17-15-5-3-2-4-14(13)15/h2-5,11-13,16H,6-10H2,1H3. The zero-order chi connectivity index (χ0) is 11.7. The minimum Gasteiger partial charge on any atom is -0.316 e. The second kappa shape index (κ2) is 5.03. The molecule has 3 rings (SSSR count). The monoisotopic (exact) mass is 247 g/mol. The van der Waals surface area contributed by atoms with Gasteiger partial charge in [0.15, 0.2) is 0 Å². The number of hydrogen-bond acceptors (Lipinski definition) is 2.